The van der Waals surface area contributed by atoms with E-state index in [1.165, 1.54) is 19.2 Å². The molecule has 0 bridgehead atoms. The molecule has 12 heteroatoms. The number of nitro groups is 2. The predicted octanol–water partition coefficient (Wildman–Crippen LogP) is 3.28. The number of aromatic amines is 1. The Bertz CT molecular complexity index is 1080. The number of hydrogen-bond acceptors (Lipinski definition) is 8. The first-order valence-electron chi connectivity index (χ1n) is 7.98. The molecule has 0 atom stereocenters. The Hall–Kier alpha value is -4.48. The minimum atomic E-state index is -0.884. The number of benzene rings is 2. The predicted molar refractivity (Wildman–Crippen MR) is 99.4 cm³/mol. The number of nitrogens with zero attached hydrogens (tertiary/aromatic N) is 3. The Morgan fingerprint density at radius 2 is 1.72 bits per heavy atom. The highest BCUT2D eigenvalue weighted by atomic mass is 16.6. The van der Waals surface area contributed by atoms with Crippen LogP contribution in [0.15, 0.2) is 48.7 Å². The maximum absolute atomic E-state index is 12.3. The molecule has 0 aliphatic rings. The quantitative estimate of drug-likeness (QED) is 0.451. The van der Waals surface area contributed by atoms with Crippen molar-refractivity contribution in [2.45, 2.75) is 0 Å². The fourth-order valence-corrected chi connectivity index (χ4v) is 2.38. The molecule has 12 nitrogen and oxygen atoms in total. The molecule has 3 rings (SSSR count). The first-order valence-corrected chi connectivity index (χ1v) is 7.98. The van der Waals surface area contributed by atoms with E-state index < -0.39 is 21.4 Å². The van der Waals surface area contributed by atoms with Crippen molar-refractivity contribution in [2.75, 3.05) is 12.4 Å². The van der Waals surface area contributed by atoms with Crippen LogP contribution in [0.2, 0.25) is 0 Å². The van der Waals surface area contributed by atoms with Gasteiger partial charge in [0, 0.05) is 12.1 Å². The highest BCUT2D eigenvalue weighted by Crippen LogP contribution is 2.31. The number of H-pyrrole nitrogens is 1. The van der Waals surface area contributed by atoms with Crippen LogP contribution in [0.3, 0.4) is 0 Å². The average molecular weight is 399 g/mol. The van der Waals surface area contributed by atoms with E-state index in [9.17, 15) is 25.0 Å². The molecule has 0 saturated heterocycles. The number of hydrogen-bond donors (Lipinski definition) is 2. The van der Waals surface area contributed by atoms with E-state index in [4.69, 9.17) is 9.47 Å². The second kappa shape index (κ2) is 8.04. The van der Waals surface area contributed by atoms with Crippen LogP contribution in [-0.4, -0.2) is 33.1 Å². The summed E-state index contributed by atoms with van der Waals surface area (Å²) in [6, 6.07) is 10.1. The first kappa shape index (κ1) is 19.3. The number of carbonyl (C=O) groups excluding carboxylic acids is 1. The Morgan fingerprint density at radius 3 is 2.34 bits per heavy atom. The lowest BCUT2D eigenvalue weighted by Crippen LogP contribution is -2.14. The van der Waals surface area contributed by atoms with Gasteiger partial charge in [0.15, 0.2) is 0 Å². The van der Waals surface area contributed by atoms with Crippen molar-refractivity contribution < 1.29 is 24.1 Å². The Balaban J connectivity index is 1.88. The molecule has 2 N–H and O–H groups in total. The summed E-state index contributed by atoms with van der Waals surface area (Å²) >= 11 is 0. The van der Waals surface area contributed by atoms with E-state index in [0.29, 0.717) is 11.5 Å². The summed E-state index contributed by atoms with van der Waals surface area (Å²) in [7, 11) is 1.51. The average Bonchev–Trinajstić information content (AvgIpc) is 3.19. The minimum Gasteiger partial charge on any atom is -0.497 e. The zero-order valence-electron chi connectivity index (χ0n) is 14.8. The van der Waals surface area contributed by atoms with Gasteiger partial charge >= 0.3 is 5.69 Å². The largest absolute Gasteiger partial charge is 0.497 e. The fraction of sp³-hybridized carbons (Fsp3) is 0.0588. The van der Waals surface area contributed by atoms with Gasteiger partial charge in [0.05, 0.1) is 28.7 Å². The first-order chi connectivity index (χ1) is 13.9. The molecule has 0 saturated carbocycles. The molecular weight excluding hydrogens is 386 g/mol. The van der Waals surface area contributed by atoms with Crippen molar-refractivity contribution in [1.29, 1.82) is 0 Å². The van der Waals surface area contributed by atoms with Crippen molar-refractivity contribution in [1.82, 2.24) is 10.2 Å². The lowest BCUT2D eigenvalue weighted by atomic mass is 10.2. The second-order valence-electron chi connectivity index (χ2n) is 5.59. The van der Waals surface area contributed by atoms with Gasteiger partial charge in [-0.25, -0.2) is 0 Å². The Morgan fingerprint density at radius 1 is 1.03 bits per heavy atom. The van der Waals surface area contributed by atoms with Gasteiger partial charge < -0.3 is 14.8 Å². The summed E-state index contributed by atoms with van der Waals surface area (Å²) in [5, 5.41) is 30.2. The zero-order chi connectivity index (χ0) is 21.0. The van der Waals surface area contributed by atoms with Crippen LogP contribution in [0.5, 0.6) is 17.2 Å². The van der Waals surface area contributed by atoms with Crippen LogP contribution in [0, 0.1) is 20.2 Å². The number of non-ortho nitro benzene ring substituents is 1. The van der Waals surface area contributed by atoms with Crippen LogP contribution in [-0.2, 0) is 0 Å². The molecular formula is C17H13N5O7. The van der Waals surface area contributed by atoms with Crippen molar-refractivity contribution in [3.63, 3.8) is 0 Å². The molecule has 0 aliphatic carbocycles. The second-order valence-corrected chi connectivity index (χ2v) is 5.59. The lowest BCUT2D eigenvalue weighted by molar-refractivity contribution is -0.385. The van der Waals surface area contributed by atoms with Gasteiger partial charge in [-0.2, -0.15) is 5.10 Å². The molecule has 0 spiro atoms. The molecule has 1 aromatic heterocycles. The standard InChI is InChI=1S/C17H13N5O7/c1-28-12-2-4-13(5-3-12)29-14-7-10(6-11(8-14)21(24)25)19-17(23)16-15(22(26)27)9-18-20-16/h2-9H,1H3,(H,18,20)(H,19,23). The number of amides is 1. The fourth-order valence-electron chi connectivity index (χ4n) is 2.38. The maximum Gasteiger partial charge on any atom is 0.319 e. The minimum absolute atomic E-state index is 0.0107. The van der Waals surface area contributed by atoms with Crippen LogP contribution in [0.1, 0.15) is 10.5 Å². The highest BCUT2D eigenvalue weighted by Gasteiger charge is 2.23. The number of nitrogens with one attached hydrogen (secondary N) is 2. The summed E-state index contributed by atoms with van der Waals surface area (Å²) in [6.45, 7) is 0. The van der Waals surface area contributed by atoms with Crippen LogP contribution in [0.25, 0.3) is 0 Å². The molecule has 0 aliphatic heterocycles. The van der Waals surface area contributed by atoms with Crippen molar-refractivity contribution in [3.8, 4) is 17.2 Å². The molecule has 2 aromatic carbocycles. The van der Waals surface area contributed by atoms with Gasteiger partial charge in [-0.15, -0.1) is 0 Å². The van der Waals surface area contributed by atoms with E-state index in [-0.39, 0.29) is 22.8 Å². The smallest absolute Gasteiger partial charge is 0.319 e. The lowest BCUT2D eigenvalue weighted by Gasteiger charge is -2.09. The van der Waals surface area contributed by atoms with Crippen LogP contribution in [0.4, 0.5) is 17.1 Å². The summed E-state index contributed by atoms with van der Waals surface area (Å²) in [5.74, 6) is 0.183. The Labute approximate surface area is 162 Å². The van der Waals surface area contributed by atoms with Gasteiger partial charge in [0.1, 0.15) is 23.4 Å². The third-order valence-corrected chi connectivity index (χ3v) is 3.70. The zero-order valence-corrected chi connectivity index (χ0v) is 14.8. The van der Waals surface area contributed by atoms with Gasteiger partial charge in [-0.05, 0) is 24.3 Å². The number of nitro benzene ring substituents is 1. The number of rotatable bonds is 7. The summed E-state index contributed by atoms with van der Waals surface area (Å²) in [6.07, 6.45) is 0.889. The molecule has 0 fully saturated rings. The van der Waals surface area contributed by atoms with E-state index in [1.807, 2.05) is 0 Å². The van der Waals surface area contributed by atoms with Crippen LogP contribution >= 0.6 is 0 Å². The number of aromatic nitrogens is 2. The van der Waals surface area contributed by atoms with Gasteiger partial charge in [-0.3, -0.25) is 30.1 Å². The molecule has 29 heavy (non-hydrogen) atoms. The molecule has 0 radical (unpaired) electrons. The number of anilines is 1. The summed E-state index contributed by atoms with van der Waals surface area (Å²) in [4.78, 5) is 33.0. The number of carbonyl (C=O) groups is 1. The molecule has 1 amide bonds. The number of ether oxygens (including phenoxy) is 2. The van der Waals surface area contributed by atoms with E-state index in [0.717, 1.165) is 12.3 Å². The topological polar surface area (TPSA) is 163 Å². The monoisotopic (exact) mass is 399 g/mol. The molecule has 148 valence electrons. The van der Waals surface area contributed by atoms with Crippen LogP contribution < -0.4 is 14.8 Å². The number of methoxy groups -OCH3 is 1. The molecule has 0 unspecified atom stereocenters. The van der Waals surface area contributed by atoms with E-state index >= 15 is 0 Å². The molecule has 1 heterocycles. The highest BCUT2D eigenvalue weighted by molar-refractivity contribution is 6.05. The van der Waals surface area contributed by atoms with Crippen molar-refractivity contribution in [3.05, 3.63) is 74.6 Å². The van der Waals surface area contributed by atoms with E-state index in [1.54, 1.807) is 24.3 Å². The summed E-state index contributed by atoms with van der Waals surface area (Å²) in [5.41, 5.74) is -1.25. The van der Waals surface area contributed by atoms with Gasteiger partial charge in [0.25, 0.3) is 11.6 Å². The molecule has 3 aromatic rings. The normalized spacial score (nSPS) is 10.2. The SMILES string of the molecule is COc1ccc(Oc2cc(NC(=O)c3[nH]ncc3[N+](=O)[O-])cc([N+](=O)[O-])c2)cc1. The van der Waals surface area contributed by atoms with Crippen molar-refractivity contribution >= 4 is 23.0 Å². The van der Waals surface area contributed by atoms with Gasteiger partial charge in [-0.1, -0.05) is 0 Å². The Kier molecular flexibility index (Phi) is 5.35. The maximum atomic E-state index is 12.3. The third-order valence-electron chi connectivity index (χ3n) is 3.70. The summed E-state index contributed by atoms with van der Waals surface area (Å²) < 4.78 is 10.7. The van der Waals surface area contributed by atoms with Gasteiger partial charge in [0.2, 0.25) is 5.69 Å². The third kappa shape index (κ3) is 4.44. The van der Waals surface area contributed by atoms with Crippen molar-refractivity contribution in [2.24, 2.45) is 0 Å². The van der Waals surface area contributed by atoms with E-state index in [2.05, 4.69) is 15.5 Å².